The van der Waals surface area contributed by atoms with Gasteiger partial charge in [-0.2, -0.15) is 0 Å². The molecule has 0 aliphatic rings. The van der Waals surface area contributed by atoms with Gasteiger partial charge in [-0.1, -0.05) is 30.3 Å². The maximum absolute atomic E-state index is 12.0. The van der Waals surface area contributed by atoms with Crippen LogP contribution in [0.4, 0.5) is 5.69 Å². The van der Waals surface area contributed by atoms with Crippen LogP contribution in [0, 0.1) is 6.92 Å². The fourth-order valence-electron chi connectivity index (χ4n) is 2.91. The van der Waals surface area contributed by atoms with E-state index in [1.54, 1.807) is 16.7 Å². The second kappa shape index (κ2) is 9.01. The summed E-state index contributed by atoms with van der Waals surface area (Å²) in [6.45, 7) is 3.84. The van der Waals surface area contributed by atoms with Crippen molar-refractivity contribution >= 4 is 28.4 Å². The molecular formula is C21H22N4O4. The van der Waals surface area contributed by atoms with Gasteiger partial charge in [0.25, 0.3) is 11.8 Å². The summed E-state index contributed by atoms with van der Waals surface area (Å²) in [7, 11) is 0. The number of amides is 2. The van der Waals surface area contributed by atoms with Crippen LogP contribution in [0.3, 0.4) is 0 Å². The van der Waals surface area contributed by atoms with Gasteiger partial charge >= 0.3 is 0 Å². The molecule has 150 valence electrons. The van der Waals surface area contributed by atoms with Crippen molar-refractivity contribution in [2.75, 3.05) is 13.2 Å². The van der Waals surface area contributed by atoms with E-state index in [9.17, 15) is 14.7 Å². The summed E-state index contributed by atoms with van der Waals surface area (Å²) in [4.78, 5) is 23.8. The van der Waals surface area contributed by atoms with E-state index in [2.05, 4.69) is 15.5 Å². The lowest BCUT2D eigenvalue weighted by Crippen LogP contribution is -2.32. The number of nitrogens with zero attached hydrogens (tertiary/aromatic N) is 3. The van der Waals surface area contributed by atoms with Crippen LogP contribution in [0.5, 0.6) is 11.6 Å². The number of ether oxygens (including phenoxy) is 1. The molecule has 0 atom stereocenters. The third kappa shape index (κ3) is 4.78. The Morgan fingerprint density at radius 1 is 1.17 bits per heavy atom. The molecule has 0 saturated carbocycles. The second-order valence-electron chi connectivity index (χ2n) is 6.41. The highest BCUT2D eigenvalue weighted by atomic mass is 16.5. The van der Waals surface area contributed by atoms with Crippen molar-refractivity contribution in [3.63, 3.8) is 0 Å². The van der Waals surface area contributed by atoms with Crippen LogP contribution >= 0.6 is 0 Å². The number of para-hydroxylation sites is 1. The van der Waals surface area contributed by atoms with Crippen LogP contribution in [0.1, 0.15) is 12.5 Å². The minimum atomic E-state index is -0.637. The fourth-order valence-corrected chi connectivity index (χ4v) is 2.91. The van der Waals surface area contributed by atoms with Gasteiger partial charge in [0.1, 0.15) is 12.3 Å². The molecule has 0 unspecified atom stereocenters. The van der Waals surface area contributed by atoms with Gasteiger partial charge in [0.2, 0.25) is 5.88 Å². The van der Waals surface area contributed by atoms with E-state index in [1.165, 1.54) is 0 Å². The maximum atomic E-state index is 12.0. The van der Waals surface area contributed by atoms with Crippen LogP contribution in [0.15, 0.2) is 58.8 Å². The van der Waals surface area contributed by atoms with E-state index in [1.807, 2.05) is 50.2 Å². The van der Waals surface area contributed by atoms with Gasteiger partial charge in [-0.15, -0.1) is 10.2 Å². The van der Waals surface area contributed by atoms with E-state index in [4.69, 9.17) is 4.74 Å². The predicted molar refractivity (Wildman–Crippen MR) is 108 cm³/mol. The first-order valence-corrected chi connectivity index (χ1v) is 9.20. The molecule has 3 rings (SSSR count). The maximum Gasteiger partial charge on any atom is 0.283 e. The minimum Gasteiger partial charge on any atom is -0.493 e. The normalized spacial score (nSPS) is 11.1. The number of benzene rings is 2. The molecule has 3 aromatic rings. The lowest BCUT2D eigenvalue weighted by atomic mass is 10.2. The van der Waals surface area contributed by atoms with E-state index in [-0.39, 0.29) is 24.7 Å². The number of aryl methyl sites for hydroxylation is 2. The van der Waals surface area contributed by atoms with Crippen LogP contribution in [-0.4, -0.2) is 34.6 Å². The van der Waals surface area contributed by atoms with E-state index in [0.717, 1.165) is 11.1 Å². The molecule has 29 heavy (non-hydrogen) atoms. The van der Waals surface area contributed by atoms with Crippen molar-refractivity contribution in [3.8, 4) is 11.6 Å². The topological polar surface area (TPSA) is 105 Å². The van der Waals surface area contributed by atoms with Gasteiger partial charge in [-0.25, -0.2) is 0 Å². The summed E-state index contributed by atoms with van der Waals surface area (Å²) in [5, 5.41) is 21.0. The Kier molecular flexibility index (Phi) is 6.23. The average molecular weight is 394 g/mol. The predicted octanol–water partition coefficient (Wildman–Crippen LogP) is 3.48. The summed E-state index contributed by atoms with van der Waals surface area (Å²) < 4.78 is 7.06. The minimum absolute atomic E-state index is 0.0548. The molecule has 2 N–H and O–H groups in total. The summed E-state index contributed by atoms with van der Waals surface area (Å²) in [6, 6.07) is 14.6. The number of aromatic hydroxyl groups is 1. The first-order valence-electron chi connectivity index (χ1n) is 9.20. The Hall–Kier alpha value is -3.68. The van der Waals surface area contributed by atoms with Gasteiger partial charge in [0, 0.05) is 11.9 Å². The fraction of sp³-hybridized carbons (Fsp3) is 0.238. The molecule has 0 aliphatic heterocycles. The highest BCUT2D eigenvalue weighted by Gasteiger charge is 2.15. The van der Waals surface area contributed by atoms with Crippen molar-refractivity contribution in [1.29, 1.82) is 0 Å². The first-order chi connectivity index (χ1) is 14.0. The second-order valence-corrected chi connectivity index (χ2v) is 6.41. The van der Waals surface area contributed by atoms with Crippen molar-refractivity contribution in [2.45, 2.75) is 20.4 Å². The third-order valence-electron chi connectivity index (χ3n) is 4.29. The molecule has 0 aliphatic carbocycles. The number of carbonyl (C=O) groups is 2. The third-order valence-corrected chi connectivity index (χ3v) is 4.29. The van der Waals surface area contributed by atoms with Crippen molar-refractivity contribution < 1.29 is 19.4 Å². The molecule has 1 heterocycles. The Morgan fingerprint density at radius 3 is 2.72 bits per heavy atom. The lowest BCUT2D eigenvalue weighted by Gasteiger charge is -2.06. The van der Waals surface area contributed by atoms with E-state index >= 15 is 0 Å². The van der Waals surface area contributed by atoms with E-state index < -0.39 is 11.8 Å². The SMILES string of the molecule is CCn1c(O)c(N=NC(=O)CNC(=O)COc2cccc(C)c2)c2ccccc21. The van der Waals surface area contributed by atoms with Gasteiger partial charge in [-0.05, 0) is 37.6 Å². The standard InChI is InChI=1S/C21H22N4O4/c1-3-25-17-10-5-4-9-16(17)20(21(25)28)24-23-18(26)12-22-19(27)13-29-15-8-6-7-14(2)11-15/h4-11,28H,3,12-13H2,1-2H3,(H,22,27). The summed E-state index contributed by atoms with van der Waals surface area (Å²) >= 11 is 0. The summed E-state index contributed by atoms with van der Waals surface area (Å²) in [6.07, 6.45) is 0. The number of rotatable bonds is 7. The monoisotopic (exact) mass is 394 g/mol. The lowest BCUT2D eigenvalue weighted by molar-refractivity contribution is -0.126. The van der Waals surface area contributed by atoms with Crippen LogP contribution in [-0.2, 0) is 16.1 Å². The van der Waals surface area contributed by atoms with Gasteiger partial charge in [-0.3, -0.25) is 9.59 Å². The number of hydrogen-bond acceptors (Lipinski definition) is 5. The highest BCUT2D eigenvalue weighted by molar-refractivity contribution is 5.95. The van der Waals surface area contributed by atoms with Crippen molar-refractivity contribution in [3.05, 3.63) is 54.1 Å². The quantitative estimate of drug-likeness (QED) is 0.599. The highest BCUT2D eigenvalue weighted by Crippen LogP contribution is 2.38. The molecule has 0 saturated heterocycles. The first kappa shape index (κ1) is 20.1. The summed E-state index contributed by atoms with van der Waals surface area (Å²) in [5.41, 5.74) is 2.05. The largest absolute Gasteiger partial charge is 0.493 e. The molecule has 8 nitrogen and oxygen atoms in total. The molecule has 2 aromatic carbocycles. The number of carbonyl (C=O) groups excluding carboxylic acids is 2. The zero-order chi connectivity index (χ0) is 20.8. The molecule has 1 aromatic heterocycles. The van der Waals surface area contributed by atoms with Gasteiger partial charge in [0.15, 0.2) is 12.3 Å². The molecule has 2 amide bonds. The molecule has 8 heteroatoms. The molecule has 0 bridgehead atoms. The van der Waals surface area contributed by atoms with E-state index in [0.29, 0.717) is 17.7 Å². The zero-order valence-corrected chi connectivity index (χ0v) is 16.3. The van der Waals surface area contributed by atoms with Crippen LogP contribution < -0.4 is 10.1 Å². The van der Waals surface area contributed by atoms with Gasteiger partial charge in [0.05, 0.1) is 5.52 Å². The van der Waals surface area contributed by atoms with Gasteiger partial charge < -0.3 is 19.7 Å². The van der Waals surface area contributed by atoms with Crippen molar-refractivity contribution in [2.24, 2.45) is 10.2 Å². The average Bonchev–Trinajstić information content (AvgIpc) is 2.99. The number of azo groups is 1. The number of aromatic nitrogens is 1. The summed E-state index contributed by atoms with van der Waals surface area (Å²) in [5.74, 6) is -0.558. The van der Waals surface area contributed by atoms with Crippen LogP contribution in [0.25, 0.3) is 10.9 Å². The molecule has 0 fully saturated rings. The Labute approximate surface area is 167 Å². The molecule has 0 spiro atoms. The Balaban J connectivity index is 1.57. The number of hydrogen-bond donors (Lipinski definition) is 2. The van der Waals surface area contributed by atoms with Crippen LogP contribution in [0.2, 0.25) is 0 Å². The smallest absolute Gasteiger partial charge is 0.283 e. The zero-order valence-electron chi connectivity index (χ0n) is 16.3. The molecular weight excluding hydrogens is 372 g/mol. The Bertz CT molecular complexity index is 1070. The molecule has 0 radical (unpaired) electrons. The Morgan fingerprint density at radius 2 is 1.97 bits per heavy atom. The number of fused-ring (bicyclic) bond motifs is 1. The van der Waals surface area contributed by atoms with Crippen molar-refractivity contribution in [1.82, 2.24) is 9.88 Å². The number of nitrogens with one attached hydrogen (secondary N) is 1.